The minimum absolute atomic E-state index is 0.0546. The van der Waals surface area contributed by atoms with Crippen LogP contribution in [0.3, 0.4) is 0 Å². The molecule has 2 aromatic rings. The Hall–Kier alpha value is -1.27. The zero-order valence-electron chi connectivity index (χ0n) is 8.05. The summed E-state index contributed by atoms with van der Waals surface area (Å²) in [6.07, 6.45) is 1.62. The Labute approximate surface area is 104 Å². The first kappa shape index (κ1) is 11.2. The molecule has 0 atom stereocenters. The molecular weight excluding hydrogens is 292 g/mol. The third kappa shape index (κ3) is 2.45. The smallest absolute Gasteiger partial charge is 0.309 e. The van der Waals surface area contributed by atoms with Gasteiger partial charge in [-0.1, -0.05) is 0 Å². The maximum atomic E-state index is 10.5. The lowest BCUT2D eigenvalue weighted by molar-refractivity contribution is -0.136. The summed E-state index contributed by atoms with van der Waals surface area (Å²) in [4.78, 5) is 18.9. The van der Waals surface area contributed by atoms with Gasteiger partial charge in [0.25, 0.3) is 0 Å². The van der Waals surface area contributed by atoms with Crippen LogP contribution < -0.4 is 0 Å². The molecule has 0 aromatic carbocycles. The number of thiazole rings is 1. The minimum Gasteiger partial charge on any atom is -0.481 e. The zero-order valence-corrected chi connectivity index (χ0v) is 10.5. The van der Waals surface area contributed by atoms with Crippen molar-refractivity contribution in [1.29, 1.82) is 0 Å². The van der Waals surface area contributed by atoms with Crippen molar-refractivity contribution in [2.45, 2.75) is 6.42 Å². The number of carbonyl (C=O) groups is 1. The van der Waals surface area contributed by atoms with Crippen molar-refractivity contribution in [2.24, 2.45) is 0 Å². The summed E-state index contributed by atoms with van der Waals surface area (Å²) >= 11 is 4.77. The van der Waals surface area contributed by atoms with Crippen molar-refractivity contribution >= 4 is 33.2 Å². The van der Waals surface area contributed by atoms with Gasteiger partial charge < -0.3 is 5.11 Å². The van der Waals surface area contributed by atoms with Gasteiger partial charge in [0, 0.05) is 16.0 Å². The molecule has 0 spiro atoms. The molecule has 0 radical (unpaired) electrons. The van der Waals surface area contributed by atoms with Crippen LogP contribution in [-0.4, -0.2) is 21.0 Å². The number of carboxylic acids is 1. The molecule has 0 unspecified atom stereocenters. The van der Waals surface area contributed by atoms with Crippen LogP contribution >= 0.6 is 27.3 Å². The molecule has 2 aromatic heterocycles. The number of pyridine rings is 1. The maximum Gasteiger partial charge on any atom is 0.309 e. The molecule has 82 valence electrons. The van der Waals surface area contributed by atoms with Gasteiger partial charge in [-0.3, -0.25) is 9.78 Å². The van der Waals surface area contributed by atoms with Gasteiger partial charge in [-0.25, -0.2) is 4.98 Å². The van der Waals surface area contributed by atoms with Gasteiger partial charge in [-0.15, -0.1) is 11.3 Å². The van der Waals surface area contributed by atoms with E-state index in [-0.39, 0.29) is 6.42 Å². The molecule has 0 saturated carbocycles. The van der Waals surface area contributed by atoms with Crippen LogP contribution in [0, 0.1) is 0 Å². The molecule has 0 saturated heterocycles. The molecule has 2 rings (SSSR count). The molecule has 4 nitrogen and oxygen atoms in total. The number of aliphatic carboxylic acids is 1. The average Bonchev–Trinajstić information content (AvgIpc) is 2.66. The first-order valence-corrected chi connectivity index (χ1v) is 6.11. The lowest BCUT2D eigenvalue weighted by atomic mass is 10.3. The highest BCUT2D eigenvalue weighted by Gasteiger charge is 2.10. The van der Waals surface area contributed by atoms with E-state index in [0.29, 0.717) is 5.69 Å². The molecular formula is C10H7BrN2O2S. The van der Waals surface area contributed by atoms with Crippen LogP contribution in [0.25, 0.3) is 10.7 Å². The van der Waals surface area contributed by atoms with Crippen molar-refractivity contribution in [1.82, 2.24) is 9.97 Å². The van der Waals surface area contributed by atoms with Gasteiger partial charge in [0.1, 0.15) is 10.7 Å². The van der Waals surface area contributed by atoms with Crippen LogP contribution in [0.2, 0.25) is 0 Å². The largest absolute Gasteiger partial charge is 0.481 e. The molecule has 0 aliphatic rings. The number of hydrogen-bond donors (Lipinski definition) is 1. The number of nitrogens with zero attached hydrogens (tertiary/aromatic N) is 2. The summed E-state index contributed by atoms with van der Waals surface area (Å²) < 4.78 is 0.853. The normalized spacial score (nSPS) is 10.3. The third-order valence-electron chi connectivity index (χ3n) is 1.85. The summed E-state index contributed by atoms with van der Waals surface area (Å²) in [7, 11) is 0. The predicted molar refractivity (Wildman–Crippen MR) is 64.4 cm³/mol. The highest BCUT2D eigenvalue weighted by atomic mass is 79.9. The van der Waals surface area contributed by atoms with Gasteiger partial charge in [-0.05, 0) is 28.1 Å². The van der Waals surface area contributed by atoms with Crippen LogP contribution in [0.15, 0.2) is 28.2 Å². The Balaban J connectivity index is 2.32. The van der Waals surface area contributed by atoms with Crippen LogP contribution in [0.4, 0.5) is 0 Å². The second kappa shape index (κ2) is 4.71. The first-order chi connectivity index (χ1) is 7.66. The molecule has 0 fully saturated rings. The SMILES string of the molecule is O=C(O)Cc1csc(-c2ncccc2Br)n1. The van der Waals surface area contributed by atoms with Crippen LogP contribution in [0.1, 0.15) is 5.69 Å². The topological polar surface area (TPSA) is 63.1 Å². The molecule has 0 amide bonds. The lowest BCUT2D eigenvalue weighted by Gasteiger charge is -1.97. The van der Waals surface area contributed by atoms with E-state index in [2.05, 4.69) is 25.9 Å². The fourth-order valence-corrected chi connectivity index (χ4v) is 2.60. The Kier molecular flexibility index (Phi) is 3.31. The van der Waals surface area contributed by atoms with Crippen molar-refractivity contribution in [3.05, 3.63) is 33.9 Å². The van der Waals surface area contributed by atoms with E-state index < -0.39 is 5.97 Å². The Morgan fingerprint density at radius 2 is 2.38 bits per heavy atom. The summed E-state index contributed by atoms with van der Waals surface area (Å²) in [6.45, 7) is 0. The molecule has 6 heteroatoms. The highest BCUT2D eigenvalue weighted by molar-refractivity contribution is 9.10. The minimum atomic E-state index is -0.878. The first-order valence-electron chi connectivity index (χ1n) is 4.44. The lowest BCUT2D eigenvalue weighted by Crippen LogP contribution is -2.00. The average molecular weight is 299 g/mol. The Bertz CT molecular complexity index is 527. The van der Waals surface area contributed by atoms with E-state index in [0.717, 1.165) is 15.2 Å². The number of aromatic nitrogens is 2. The van der Waals surface area contributed by atoms with Gasteiger partial charge in [0.05, 0.1) is 12.1 Å². The van der Waals surface area contributed by atoms with E-state index in [1.807, 2.05) is 12.1 Å². The van der Waals surface area contributed by atoms with E-state index in [1.54, 1.807) is 11.6 Å². The zero-order chi connectivity index (χ0) is 11.5. The van der Waals surface area contributed by atoms with Gasteiger partial charge in [-0.2, -0.15) is 0 Å². The summed E-state index contributed by atoms with van der Waals surface area (Å²) in [5.74, 6) is -0.878. The maximum absolute atomic E-state index is 10.5. The molecule has 2 heterocycles. The summed E-state index contributed by atoms with van der Waals surface area (Å²) in [5.41, 5.74) is 1.30. The standard InChI is InChI=1S/C10H7BrN2O2S/c11-7-2-1-3-12-9(7)10-13-6(5-16-10)4-8(14)15/h1-3,5H,4H2,(H,14,15). The molecule has 1 N–H and O–H groups in total. The fourth-order valence-electron chi connectivity index (χ4n) is 1.19. The van der Waals surface area contributed by atoms with Crippen molar-refractivity contribution in [3.8, 4) is 10.7 Å². The number of rotatable bonds is 3. The second-order valence-electron chi connectivity index (χ2n) is 3.05. The highest BCUT2D eigenvalue weighted by Crippen LogP contribution is 2.28. The molecule has 0 aliphatic heterocycles. The number of carboxylic acid groups (broad SMARTS) is 1. The van der Waals surface area contributed by atoms with Gasteiger partial charge in [0.2, 0.25) is 0 Å². The molecule has 16 heavy (non-hydrogen) atoms. The van der Waals surface area contributed by atoms with Crippen molar-refractivity contribution in [3.63, 3.8) is 0 Å². The molecule has 0 aliphatic carbocycles. The Morgan fingerprint density at radius 1 is 1.56 bits per heavy atom. The van der Waals surface area contributed by atoms with E-state index in [1.165, 1.54) is 11.3 Å². The van der Waals surface area contributed by atoms with E-state index >= 15 is 0 Å². The number of hydrogen-bond acceptors (Lipinski definition) is 4. The van der Waals surface area contributed by atoms with Gasteiger partial charge >= 0.3 is 5.97 Å². The molecule has 0 bridgehead atoms. The monoisotopic (exact) mass is 298 g/mol. The second-order valence-corrected chi connectivity index (χ2v) is 4.76. The third-order valence-corrected chi connectivity index (χ3v) is 3.38. The van der Waals surface area contributed by atoms with Crippen molar-refractivity contribution < 1.29 is 9.90 Å². The fraction of sp³-hybridized carbons (Fsp3) is 0.100. The predicted octanol–water partition coefficient (Wildman–Crippen LogP) is 2.59. The van der Waals surface area contributed by atoms with Crippen LogP contribution in [-0.2, 0) is 11.2 Å². The summed E-state index contributed by atoms with van der Waals surface area (Å²) in [5, 5.41) is 11.1. The van der Waals surface area contributed by atoms with E-state index in [9.17, 15) is 4.79 Å². The van der Waals surface area contributed by atoms with Crippen LogP contribution in [0.5, 0.6) is 0 Å². The summed E-state index contributed by atoms with van der Waals surface area (Å²) in [6, 6.07) is 3.69. The quantitative estimate of drug-likeness (QED) is 0.946. The van der Waals surface area contributed by atoms with E-state index in [4.69, 9.17) is 5.11 Å². The Morgan fingerprint density at radius 3 is 3.06 bits per heavy atom. The number of halogens is 1. The van der Waals surface area contributed by atoms with Crippen molar-refractivity contribution in [2.75, 3.05) is 0 Å². The van der Waals surface area contributed by atoms with Gasteiger partial charge in [0.15, 0.2) is 0 Å².